The highest BCUT2D eigenvalue weighted by Gasteiger charge is 2.40. The molecule has 2 aromatic rings. The summed E-state index contributed by atoms with van der Waals surface area (Å²) in [7, 11) is 0. The summed E-state index contributed by atoms with van der Waals surface area (Å²) in [5.41, 5.74) is 2.98. The maximum Gasteiger partial charge on any atom is 0.319 e. The summed E-state index contributed by atoms with van der Waals surface area (Å²) in [6, 6.07) is 12.0. The number of nitrogens with zero attached hydrogens (tertiary/aromatic N) is 1. The number of benzene rings is 2. The molecule has 2 aliphatic heterocycles. The molecule has 4 rings (SSSR count). The van der Waals surface area contributed by atoms with Gasteiger partial charge in [-0.2, -0.15) is 0 Å². The van der Waals surface area contributed by atoms with Gasteiger partial charge in [0.25, 0.3) is 5.91 Å². The standard InChI is InChI=1S/C22H22IN5O4/c23-16-11-15(24-8-9-25-22(32)26-14-4-2-1-3-5-14)10-13-12-28(21(31)19(13)16)17-6-7-18(29)27-20(17)30/h1-5,10-11,17,24H,6-9,12H2,(H2,25,26,32)(H,27,29,30). The Morgan fingerprint density at radius 1 is 1.09 bits per heavy atom. The van der Waals surface area contributed by atoms with Crippen molar-refractivity contribution in [3.8, 4) is 0 Å². The number of piperidine rings is 1. The zero-order chi connectivity index (χ0) is 22.7. The van der Waals surface area contributed by atoms with Gasteiger partial charge < -0.3 is 20.9 Å². The molecule has 0 saturated carbocycles. The van der Waals surface area contributed by atoms with E-state index in [1.165, 1.54) is 4.90 Å². The van der Waals surface area contributed by atoms with Gasteiger partial charge in [-0.05, 0) is 58.8 Å². The Kier molecular flexibility index (Phi) is 6.58. The predicted molar refractivity (Wildman–Crippen MR) is 127 cm³/mol. The zero-order valence-electron chi connectivity index (χ0n) is 17.1. The van der Waals surface area contributed by atoms with E-state index in [1.807, 2.05) is 42.5 Å². The topological polar surface area (TPSA) is 120 Å². The Bertz CT molecular complexity index is 1080. The highest BCUT2D eigenvalue weighted by molar-refractivity contribution is 14.1. The fourth-order valence-corrected chi connectivity index (χ4v) is 4.75. The molecule has 32 heavy (non-hydrogen) atoms. The second-order valence-corrected chi connectivity index (χ2v) is 8.73. The first-order chi connectivity index (χ1) is 15.4. The fourth-order valence-electron chi connectivity index (χ4n) is 3.84. The molecule has 2 aliphatic rings. The van der Waals surface area contributed by atoms with E-state index < -0.39 is 11.9 Å². The molecule has 166 valence electrons. The summed E-state index contributed by atoms with van der Waals surface area (Å²) in [5.74, 6) is -0.914. The summed E-state index contributed by atoms with van der Waals surface area (Å²) in [4.78, 5) is 50.0. The Morgan fingerprint density at radius 2 is 1.88 bits per heavy atom. The van der Waals surface area contributed by atoms with Crippen molar-refractivity contribution in [2.75, 3.05) is 23.7 Å². The number of carbonyl (C=O) groups is 4. The van der Waals surface area contributed by atoms with Crippen molar-refractivity contribution in [3.63, 3.8) is 0 Å². The second kappa shape index (κ2) is 9.55. The van der Waals surface area contributed by atoms with Gasteiger partial charge in [-0.1, -0.05) is 18.2 Å². The van der Waals surface area contributed by atoms with Gasteiger partial charge >= 0.3 is 6.03 Å². The molecule has 2 aromatic carbocycles. The molecule has 1 fully saturated rings. The van der Waals surface area contributed by atoms with Gasteiger partial charge in [0.1, 0.15) is 6.04 Å². The normalized spacial score (nSPS) is 17.6. The van der Waals surface area contributed by atoms with Crippen LogP contribution in [0.2, 0.25) is 0 Å². The largest absolute Gasteiger partial charge is 0.383 e. The lowest BCUT2D eigenvalue weighted by atomic mass is 10.0. The number of fused-ring (bicyclic) bond motifs is 1. The van der Waals surface area contributed by atoms with Crippen LogP contribution < -0.4 is 21.3 Å². The van der Waals surface area contributed by atoms with E-state index >= 15 is 0 Å². The van der Waals surface area contributed by atoms with E-state index in [-0.39, 0.29) is 24.3 Å². The van der Waals surface area contributed by atoms with Crippen molar-refractivity contribution < 1.29 is 19.2 Å². The number of carbonyl (C=O) groups excluding carboxylic acids is 4. The third kappa shape index (κ3) is 4.85. The molecule has 0 aromatic heterocycles. The first kappa shape index (κ1) is 22.1. The molecule has 1 atom stereocenters. The van der Waals surface area contributed by atoms with Crippen LogP contribution in [0.4, 0.5) is 16.2 Å². The third-order valence-corrected chi connectivity index (χ3v) is 6.20. The van der Waals surface area contributed by atoms with Crippen molar-refractivity contribution in [3.05, 3.63) is 57.2 Å². The number of imide groups is 1. The summed E-state index contributed by atoms with van der Waals surface area (Å²) in [6.45, 7) is 1.24. The molecule has 0 bridgehead atoms. The van der Waals surface area contributed by atoms with Gasteiger partial charge in [0.2, 0.25) is 11.8 Å². The van der Waals surface area contributed by atoms with Crippen molar-refractivity contribution in [1.82, 2.24) is 15.5 Å². The molecular weight excluding hydrogens is 525 g/mol. The van der Waals surface area contributed by atoms with Crippen LogP contribution in [0.1, 0.15) is 28.8 Å². The average Bonchev–Trinajstić information content (AvgIpc) is 3.08. The molecule has 4 N–H and O–H groups in total. The number of urea groups is 1. The number of halogens is 1. The minimum Gasteiger partial charge on any atom is -0.383 e. The molecule has 9 nitrogen and oxygen atoms in total. The van der Waals surface area contributed by atoms with Gasteiger partial charge in [-0.25, -0.2) is 4.79 Å². The smallest absolute Gasteiger partial charge is 0.319 e. The number of hydrogen-bond donors (Lipinski definition) is 4. The van der Waals surface area contributed by atoms with Gasteiger partial charge in [-0.3, -0.25) is 19.7 Å². The van der Waals surface area contributed by atoms with E-state index in [1.54, 1.807) is 0 Å². The van der Waals surface area contributed by atoms with Gasteiger partial charge in [0.15, 0.2) is 0 Å². The van der Waals surface area contributed by atoms with Crippen LogP contribution in [0.25, 0.3) is 0 Å². The quantitative estimate of drug-likeness (QED) is 0.252. The molecule has 1 saturated heterocycles. The lowest BCUT2D eigenvalue weighted by Gasteiger charge is -2.29. The van der Waals surface area contributed by atoms with Crippen LogP contribution in [-0.2, 0) is 16.1 Å². The summed E-state index contributed by atoms with van der Waals surface area (Å²) < 4.78 is 0.789. The van der Waals surface area contributed by atoms with Crippen molar-refractivity contribution >= 4 is 57.7 Å². The van der Waals surface area contributed by atoms with E-state index in [4.69, 9.17) is 0 Å². The first-order valence-corrected chi connectivity index (χ1v) is 11.3. The summed E-state index contributed by atoms with van der Waals surface area (Å²) >= 11 is 2.12. The van der Waals surface area contributed by atoms with Crippen LogP contribution in [0.15, 0.2) is 42.5 Å². The fraction of sp³-hybridized carbons (Fsp3) is 0.273. The lowest BCUT2D eigenvalue weighted by Crippen LogP contribution is -2.52. The van der Waals surface area contributed by atoms with Crippen molar-refractivity contribution in [1.29, 1.82) is 0 Å². The minimum atomic E-state index is -0.632. The first-order valence-electron chi connectivity index (χ1n) is 10.2. The maximum atomic E-state index is 12.9. The molecule has 0 spiro atoms. The van der Waals surface area contributed by atoms with Crippen LogP contribution in [0.3, 0.4) is 0 Å². The van der Waals surface area contributed by atoms with Gasteiger partial charge in [-0.15, -0.1) is 0 Å². The van der Waals surface area contributed by atoms with Crippen LogP contribution in [0, 0.1) is 3.57 Å². The molecule has 5 amide bonds. The zero-order valence-corrected chi connectivity index (χ0v) is 19.3. The lowest BCUT2D eigenvalue weighted by molar-refractivity contribution is -0.136. The molecule has 2 heterocycles. The molecule has 0 aliphatic carbocycles. The number of para-hydroxylation sites is 1. The average molecular weight is 547 g/mol. The van der Waals surface area contributed by atoms with Crippen LogP contribution >= 0.6 is 22.6 Å². The molecular formula is C22H22IN5O4. The van der Waals surface area contributed by atoms with E-state index in [0.29, 0.717) is 31.6 Å². The molecule has 10 heteroatoms. The van der Waals surface area contributed by atoms with Gasteiger partial charge in [0, 0.05) is 41.0 Å². The van der Waals surface area contributed by atoms with E-state index in [0.717, 1.165) is 20.5 Å². The highest BCUT2D eigenvalue weighted by Crippen LogP contribution is 2.33. The number of hydrogen-bond acceptors (Lipinski definition) is 5. The van der Waals surface area contributed by atoms with Crippen molar-refractivity contribution in [2.24, 2.45) is 0 Å². The Labute approximate surface area is 198 Å². The highest BCUT2D eigenvalue weighted by atomic mass is 127. The summed E-state index contributed by atoms with van der Waals surface area (Å²) in [6.07, 6.45) is 0.564. The number of rotatable bonds is 6. The summed E-state index contributed by atoms with van der Waals surface area (Å²) in [5, 5.41) is 11.1. The monoisotopic (exact) mass is 547 g/mol. The SMILES string of the molecule is O=C1CCC(N2Cc3cc(NCCNC(=O)Nc4ccccc4)cc(I)c3C2=O)C(=O)N1. The number of anilines is 2. The minimum absolute atomic E-state index is 0.190. The molecule has 1 unspecified atom stereocenters. The van der Waals surface area contributed by atoms with Crippen molar-refractivity contribution in [2.45, 2.75) is 25.4 Å². The maximum absolute atomic E-state index is 12.9. The number of amides is 5. The van der Waals surface area contributed by atoms with E-state index in [9.17, 15) is 19.2 Å². The predicted octanol–water partition coefficient (Wildman–Crippen LogP) is 2.29. The second-order valence-electron chi connectivity index (χ2n) is 7.57. The van der Waals surface area contributed by atoms with E-state index in [2.05, 4.69) is 43.9 Å². The molecule has 0 radical (unpaired) electrons. The number of nitrogens with one attached hydrogen (secondary N) is 4. The Hall–Kier alpha value is -3.15. The Morgan fingerprint density at radius 3 is 2.62 bits per heavy atom. The third-order valence-electron chi connectivity index (χ3n) is 5.34. The van der Waals surface area contributed by atoms with Crippen LogP contribution in [0.5, 0.6) is 0 Å². The van der Waals surface area contributed by atoms with Gasteiger partial charge in [0.05, 0.1) is 5.56 Å². The van der Waals surface area contributed by atoms with Crippen LogP contribution in [-0.4, -0.2) is 47.8 Å². The Balaban J connectivity index is 1.32.